The first-order chi connectivity index (χ1) is 13.6. The predicted molar refractivity (Wildman–Crippen MR) is 109 cm³/mol. The molecule has 0 saturated carbocycles. The zero-order valence-electron chi connectivity index (χ0n) is 15.6. The van der Waals surface area contributed by atoms with Crippen LogP contribution in [0.5, 0.6) is 5.75 Å². The number of hydrogen-bond donors (Lipinski definition) is 2. The molecule has 0 aliphatic rings. The van der Waals surface area contributed by atoms with Crippen LogP contribution in [-0.4, -0.2) is 18.4 Å². The lowest BCUT2D eigenvalue weighted by atomic mass is 10.1. The van der Waals surface area contributed by atoms with Crippen molar-refractivity contribution >= 4 is 17.5 Å². The predicted octanol–water partition coefficient (Wildman–Crippen LogP) is 3.94. The average Bonchev–Trinajstić information content (AvgIpc) is 2.72. The summed E-state index contributed by atoms with van der Waals surface area (Å²) < 4.78 is 5.56. The second kappa shape index (κ2) is 9.37. The van der Waals surface area contributed by atoms with Crippen molar-refractivity contribution in [1.82, 2.24) is 5.32 Å². The molecule has 0 spiro atoms. The van der Waals surface area contributed by atoms with Gasteiger partial charge in [0.1, 0.15) is 5.75 Å². The number of ether oxygens (including phenoxy) is 1. The molecule has 0 aliphatic carbocycles. The van der Waals surface area contributed by atoms with Crippen LogP contribution in [0.25, 0.3) is 0 Å². The largest absolute Gasteiger partial charge is 0.483 e. The van der Waals surface area contributed by atoms with Gasteiger partial charge in [-0.05, 0) is 36.2 Å². The molecule has 3 rings (SSSR count). The van der Waals surface area contributed by atoms with Gasteiger partial charge in [0, 0.05) is 6.54 Å². The lowest BCUT2D eigenvalue weighted by molar-refractivity contribution is -0.118. The Morgan fingerprint density at radius 1 is 0.857 bits per heavy atom. The van der Waals surface area contributed by atoms with Gasteiger partial charge in [0.2, 0.25) is 0 Å². The Labute approximate surface area is 164 Å². The Morgan fingerprint density at radius 3 is 2.32 bits per heavy atom. The fourth-order valence-corrected chi connectivity index (χ4v) is 2.71. The second-order valence-electron chi connectivity index (χ2n) is 6.32. The highest BCUT2D eigenvalue weighted by Gasteiger charge is 2.13. The molecule has 0 aliphatic heterocycles. The molecule has 0 bridgehead atoms. The molecule has 2 N–H and O–H groups in total. The summed E-state index contributed by atoms with van der Waals surface area (Å²) >= 11 is 0. The molecule has 142 valence electrons. The Hall–Kier alpha value is -3.60. The number of hydrogen-bond acceptors (Lipinski definition) is 3. The van der Waals surface area contributed by atoms with E-state index in [4.69, 9.17) is 4.74 Å². The van der Waals surface area contributed by atoms with E-state index in [2.05, 4.69) is 10.6 Å². The first-order valence-electron chi connectivity index (χ1n) is 9.03. The third-order valence-electron chi connectivity index (χ3n) is 4.19. The summed E-state index contributed by atoms with van der Waals surface area (Å²) in [6.45, 7) is 2.20. The van der Waals surface area contributed by atoms with E-state index in [1.807, 2.05) is 61.5 Å². The average molecular weight is 374 g/mol. The van der Waals surface area contributed by atoms with Crippen LogP contribution in [0.4, 0.5) is 5.69 Å². The van der Waals surface area contributed by atoms with Crippen molar-refractivity contribution in [3.05, 3.63) is 95.6 Å². The number of amides is 2. The van der Waals surface area contributed by atoms with Crippen LogP contribution in [-0.2, 0) is 11.3 Å². The normalized spacial score (nSPS) is 10.2. The highest BCUT2D eigenvalue weighted by Crippen LogP contribution is 2.17. The number of nitrogens with one attached hydrogen (secondary N) is 2. The van der Waals surface area contributed by atoms with Crippen LogP contribution in [0.3, 0.4) is 0 Å². The van der Waals surface area contributed by atoms with Crippen molar-refractivity contribution in [3.63, 3.8) is 0 Å². The minimum atomic E-state index is -0.327. The van der Waals surface area contributed by atoms with Crippen LogP contribution >= 0.6 is 0 Å². The van der Waals surface area contributed by atoms with Crippen molar-refractivity contribution < 1.29 is 14.3 Å². The molecule has 0 saturated heterocycles. The maximum Gasteiger partial charge on any atom is 0.262 e. The highest BCUT2D eigenvalue weighted by molar-refractivity contribution is 6.04. The van der Waals surface area contributed by atoms with Gasteiger partial charge in [-0.2, -0.15) is 0 Å². The molecular formula is C23H22N2O3. The van der Waals surface area contributed by atoms with Gasteiger partial charge in [-0.1, -0.05) is 60.7 Å². The Bertz CT molecular complexity index is 955. The molecule has 0 aromatic heterocycles. The zero-order valence-corrected chi connectivity index (χ0v) is 15.6. The van der Waals surface area contributed by atoms with Gasteiger partial charge in [-0.25, -0.2) is 0 Å². The summed E-state index contributed by atoms with van der Waals surface area (Å²) in [7, 11) is 0. The van der Waals surface area contributed by atoms with Gasteiger partial charge >= 0.3 is 0 Å². The van der Waals surface area contributed by atoms with Crippen LogP contribution < -0.4 is 15.4 Å². The summed E-state index contributed by atoms with van der Waals surface area (Å²) in [5.41, 5.74) is 2.81. The molecule has 3 aromatic carbocycles. The minimum absolute atomic E-state index is 0.134. The van der Waals surface area contributed by atoms with Crippen molar-refractivity contribution in [3.8, 4) is 5.75 Å². The van der Waals surface area contributed by atoms with E-state index in [0.717, 1.165) is 11.1 Å². The Kier molecular flexibility index (Phi) is 6.41. The van der Waals surface area contributed by atoms with Crippen molar-refractivity contribution in [1.29, 1.82) is 0 Å². The monoisotopic (exact) mass is 374 g/mol. The van der Waals surface area contributed by atoms with E-state index < -0.39 is 0 Å². The maximum atomic E-state index is 12.6. The Balaban J connectivity index is 1.60. The highest BCUT2D eigenvalue weighted by atomic mass is 16.5. The first kappa shape index (κ1) is 19.2. The molecule has 0 unspecified atom stereocenters. The molecule has 28 heavy (non-hydrogen) atoms. The lowest BCUT2D eigenvalue weighted by Gasteiger charge is -2.13. The number of aryl methyl sites for hydroxylation is 1. The molecule has 0 heterocycles. The van der Waals surface area contributed by atoms with Gasteiger partial charge in [0.15, 0.2) is 6.61 Å². The molecule has 0 radical (unpaired) electrons. The molecular weight excluding hydrogens is 352 g/mol. The van der Waals surface area contributed by atoms with Crippen LogP contribution in [0.1, 0.15) is 21.5 Å². The molecule has 0 fully saturated rings. The fourth-order valence-electron chi connectivity index (χ4n) is 2.71. The van der Waals surface area contributed by atoms with Gasteiger partial charge in [0.25, 0.3) is 11.8 Å². The Morgan fingerprint density at radius 2 is 1.54 bits per heavy atom. The van der Waals surface area contributed by atoms with Gasteiger partial charge in [-0.3, -0.25) is 9.59 Å². The number of benzene rings is 3. The summed E-state index contributed by atoms with van der Waals surface area (Å²) in [5, 5.41) is 5.63. The van der Waals surface area contributed by atoms with Gasteiger partial charge in [0.05, 0.1) is 11.3 Å². The lowest BCUT2D eigenvalue weighted by Crippen LogP contribution is -2.26. The zero-order chi connectivity index (χ0) is 19.8. The van der Waals surface area contributed by atoms with E-state index in [1.54, 1.807) is 24.3 Å². The molecule has 5 nitrogen and oxygen atoms in total. The smallest absolute Gasteiger partial charge is 0.262 e. The second-order valence-corrected chi connectivity index (χ2v) is 6.32. The molecule has 5 heteroatoms. The first-order valence-corrected chi connectivity index (χ1v) is 9.03. The number of anilines is 1. The van der Waals surface area contributed by atoms with Gasteiger partial charge < -0.3 is 15.4 Å². The number of carbonyl (C=O) groups is 2. The van der Waals surface area contributed by atoms with E-state index in [0.29, 0.717) is 23.5 Å². The molecule has 3 aromatic rings. The summed E-state index contributed by atoms with van der Waals surface area (Å²) in [5.74, 6) is 0.0812. The third kappa shape index (κ3) is 5.20. The van der Waals surface area contributed by atoms with E-state index in [1.165, 1.54) is 0 Å². The SMILES string of the molecule is Cc1ccccc1OCC(=O)Nc1ccccc1C(=O)NCc1ccccc1. The van der Waals surface area contributed by atoms with Crippen molar-refractivity contribution in [2.45, 2.75) is 13.5 Å². The van der Waals surface area contributed by atoms with Crippen LogP contribution in [0.2, 0.25) is 0 Å². The van der Waals surface area contributed by atoms with Crippen molar-refractivity contribution in [2.75, 3.05) is 11.9 Å². The van der Waals surface area contributed by atoms with Crippen LogP contribution in [0.15, 0.2) is 78.9 Å². The van der Waals surface area contributed by atoms with Crippen LogP contribution in [0, 0.1) is 6.92 Å². The standard InChI is InChI=1S/C23H22N2O3/c1-17-9-5-8-14-21(17)28-16-22(26)25-20-13-7-6-12-19(20)23(27)24-15-18-10-3-2-4-11-18/h2-14H,15-16H2,1H3,(H,24,27)(H,25,26). The quantitative estimate of drug-likeness (QED) is 0.658. The van der Waals surface area contributed by atoms with Crippen molar-refractivity contribution in [2.24, 2.45) is 0 Å². The minimum Gasteiger partial charge on any atom is -0.483 e. The third-order valence-corrected chi connectivity index (χ3v) is 4.19. The number of para-hydroxylation sites is 2. The molecule has 0 atom stereocenters. The van der Waals surface area contributed by atoms with E-state index in [-0.39, 0.29) is 18.4 Å². The summed E-state index contributed by atoms with van der Waals surface area (Å²) in [4.78, 5) is 24.8. The van der Waals surface area contributed by atoms with E-state index in [9.17, 15) is 9.59 Å². The number of carbonyl (C=O) groups excluding carboxylic acids is 2. The van der Waals surface area contributed by atoms with E-state index >= 15 is 0 Å². The summed E-state index contributed by atoms with van der Waals surface area (Å²) in [6, 6.07) is 24.0. The number of rotatable bonds is 7. The van der Waals surface area contributed by atoms with Gasteiger partial charge in [-0.15, -0.1) is 0 Å². The summed E-state index contributed by atoms with van der Waals surface area (Å²) in [6.07, 6.45) is 0. The fraction of sp³-hybridized carbons (Fsp3) is 0.130. The molecule has 2 amide bonds. The topological polar surface area (TPSA) is 67.4 Å². The maximum absolute atomic E-state index is 12.6.